The number of amides is 2. The van der Waals surface area contributed by atoms with Gasteiger partial charge in [-0.25, -0.2) is 0 Å². The molecule has 17 heavy (non-hydrogen) atoms. The van der Waals surface area contributed by atoms with E-state index in [9.17, 15) is 14.4 Å². The number of imide groups is 1. The first-order valence-corrected chi connectivity index (χ1v) is 5.08. The lowest BCUT2D eigenvalue weighted by Crippen LogP contribution is -2.37. The minimum Gasteiger partial charge on any atom is -0.288 e. The summed E-state index contributed by atoms with van der Waals surface area (Å²) in [5, 5.41) is 1.97. The number of carbonyl (C=O) groups is 3. The van der Waals surface area contributed by atoms with Crippen LogP contribution in [-0.4, -0.2) is 17.6 Å². The molecule has 0 saturated heterocycles. The van der Waals surface area contributed by atoms with Crippen molar-refractivity contribution < 1.29 is 14.4 Å². The predicted molar refractivity (Wildman–Crippen MR) is 63.1 cm³/mol. The molecule has 1 aromatic carbocycles. The SMILES string of the molecule is C=C(C)C(=O)NC(=O)C(=O)Cc1ccccc1. The van der Waals surface area contributed by atoms with E-state index < -0.39 is 17.6 Å². The Kier molecular flexibility index (Phi) is 4.34. The van der Waals surface area contributed by atoms with Crippen molar-refractivity contribution >= 4 is 17.6 Å². The van der Waals surface area contributed by atoms with Gasteiger partial charge in [0.25, 0.3) is 11.8 Å². The summed E-state index contributed by atoms with van der Waals surface area (Å²) in [7, 11) is 0. The van der Waals surface area contributed by atoms with Gasteiger partial charge in [0.05, 0.1) is 0 Å². The maximum absolute atomic E-state index is 11.5. The van der Waals surface area contributed by atoms with Crippen molar-refractivity contribution in [2.24, 2.45) is 0 Å². The van der Waals surface area contributed by atoms with Crippen LogP contribution >= 0.6 is 0 Å². The Morgan fingerprint density at radius 1 is 1.12 bits per heavy atom. The zero-order valence-electron chi connectivity index (χ0n) is 9.53. The Hall–Kier alpha value is -2.23. The molecule has 1 rings (SSSR count). The standard InChI is InChI=1S/C13H13NO3/c1-9(2)12(16)14-13(17)11(15)8-10-6-4-3-5-7-10/h3-7H,1,8H2,2H3,(H,14,16,17). The summed E-state index contributed by atoms with van der Waals surface area (Å²) in [5.41, 5.74) is 0.918. The number of nitrogens with one attached hydrogen (secondary N) is 1. The van der Waals surface area contributed by atoms with E-state index in [1.807, 2.05) is 11.4 Å². The highest BCUT2D eigenvalue weighted by molar-refractivity contribution is 6.39. The first-order chi connectivity index (χ1) is 8.00. The zero-order valence-corrected chi connectivity index (χ0v) is 9.53. The Bertz CT molecular complexity index is 463. The van der Waals surface area contributed by atoms with Crippen LogP contribution in [0.1, 0.15) is 12.5 Å². The van der Waals surface area contributed by atoms with Crippen molar-refractivity contribution in [3.05, 3.63) is 48.0 Å². The van der Waals surface area contributed by atoms with Gasteiger partial charge in [-0.2, -0.15) is 0 Å². The molecular weight excluding hydrogens is 218 g/mol. The number of rotatable bonds is 4. The molecule has 0 radical (unpaired) electrons. The number of benzene rings is 1. The molecule has 0 saturated carbocycles. The van der Waals surface area contributed by atoms with Crippen LogP contribution in [0.2, 0.25) is 0 Å². The lowest BCUT2D eigenvalue weighted by molar-refractivity contribution is -0.140. The molecule has 0 atom stereocenters. The fourth-order valence-corrected chi connectivity index (χ4v) is 1.14. The van der Waals surface area contributed by atoms with E-state index in [1.165, 1.54) is 6.92 Å². The maximum atomic E-state index is 11.5. The lowest BCUT2D eigenvalue weighted by atomic mass is 10.1. The third-order valence-electron chi connectivity index (χ3n) is 2.08. The predicted octanol–water partition coefficient (Wildman–Crippen LogP) is 1.02. The molecule has 0 aliphatic heterocycles. The molecule has 4 heteroatoms. The van der Waals surface area contributed by atoms with Crippen LogP contribution in [-0.2, 0) is 20.8 Å². The van der Waals surface area contributed by atoms with Gasteiger partial charge in [-0.15, -0.1) is 0 Å². The van der Waals surface area contributed by atoms with Crippen molar-refractivity contribution in [2.75, 3.05) is 0 Å². The molecule has 0 heterocycles. The molecular formula is C13H13NO3. The Balaban J connectivity index is 2.57. The number of hydrogen-bond acceptors (Lipinski definition) is 3. The number of hydrogen-bond donors (Lipinski definition) is 1. The first-order valence-electron chi connectivity index (χ1n) is 5.08. The fourth-order valence-electron chi connectivity index (χ4n) is 1.14. The molecule has 0 aliphatic carbocycles. The fraction of sp³-hybridized carbons (Fsp3) is 0.154. The second-order valence-electron chi connectivity index (χ2n) is 3.65. The summed E-state index contributed by atoms with van der Waals surface area (Å²) in [6, 6.07) is 8.86. The van der Waals surface area contributed by atoms with Gasteiger partial charge in [0.1, 0.15) is 0 Å². The highest BCUT2D eigenvalue weighted by Crippen LogP contribution is 2.00. The van der Waals surface area contributed by atoms with Crippen LogP contribution in [0, 0.1) is 0 Å². The average molecular weight is 231 g/mol. The summed E-state index contributed by atoms with van der Waals surface area (Å²) in [4.78, 5) is 33.9. The molecule has 1 N–H and O–H groups in total. The van der Waals surface area contributed by atoms with E-state index >= 15 is 0 Å². The van der Waals surface area contributed by atoms with E-state index in [2.05, 4.69) is 6.58 Å². The van der Waals surface area contributed by atoms with Gasteiger partial charge in [0.15, 0.2) is 0 Å². The van der Waals surface area contributed by atoms with Gasteiger partial charge in [-0.05, 0) is 12.5 Å². The first kappa shape index (κ1) is 12.8. The minimum atomic E-state index is -0.901. The van der Waals surface area contributed by atoms with Gasteiger partial charge < -0.3 is 0 Å². The lowest BCUT2D eigenvalue weighted by Gasteiger charge is -2.02. The molecule has 0 fully saturated rings. The second-order valence-corrected chi connectivity index (χ2v) is 3.65. The molecule has 0 aromatic heterocycles. The summed E-state index contributed by atoms with van der Waals surface area (Å²) >= 11 is 0. The van der Waals surface area contributed by atoms with Crippen molar-refractivity contribution in [3.8, 4) is 0 Å². The van der Waals surface area contributed by atoms with Crippen LogP contribution in [0.15, 0.2) is 42.5 Å². The summed E-state index contributed by atoms with van der Waals surface area (Å²) in [6.07, 6.45) is -0.0177. The molecule has 0 aliphatic rings. The van der Waals surface area contributed by atoms with Crippen LogP contribution in [0.3, 0.4) is 0 Å². The molecule has 0 bridgehead atoms. The van der Waals surface area contributed by atoms with Gasteiger partial charge in [0.2, 0.25) is 5.78 Å². The third-order valence-corrected chi connectivity index (χ3v) is 2.08. The monoisotopic (exact) mass is 231 g/mol. The quantitative estimate of drug-likeness (QED) is 0.621. The third kappa shape index (κ3) is 4.03. The zero-order chi connectivity index (χ0) is 12.8. The van der Waals surface area contributed by atoms with Gasteiger partial charge >= 0.3 is 0 Å². The van der Waals surface area contributed by atoms with Gasteiger partial charge in [0, 0.05) is 12.0 Å². The Morgan fingerprint density at radius 2 is 1.71 bits per heavy atom. The van der Waals surface area contributed by atoms with Crippen LogP contribution in [0.25, 0.3) is 0 Å². The summed E-state index contributed by atoms with van der Waals surface area (Å²) in [5.74, 6) is -2.18. The van der Waals surface area contributed by atoms with Gasteiger partial charge in [-0.3, -0.25) is 19.7 Å². The van der Waals surface area contributed by atoms with Crippen molar-refractivity contribution in [1.29, 1.82) is 0 Å². The normalized spacial score (nSPS) is 9.47. The second kappa shape index (κ2) is 5.75. The highest BCUT2D eigenvalue weighted by atomic mass is 16.2. The van der Waals surface area contributed by atoms with Crippen LogP contribution in [0.5, 0.6) is 0 Å². The molecule has 1 aromatic rings. The van der Waals surface area contributed by atoms with E-state index in [-0.39, 0.29) is 12.0 Å². The largest absolute Gasteiger partial charge is 0.294 e. The van der Waals surface area contributed by atoms with Crippen molar-refractivity contribution in [2.45, 2.75) is 13.3 Å². The molecule has 88 valence electrons. The molecule has 2 amide bonds. The number of carbonyl (C=O) groups excluding carboxylic acids is 3. The highest BCUT2D eigenvalue weighted by Gasteiger charge is 2.16. The Morgan fingerprint density at radius 3 is 2.24 bits per heavy atom. The van der Waals surface area contributed by atoms with E-state index in [4.69, 9.17) is 0 Å². The van der Waals surface area contributed by atoms with Crippen LogP contribution in [0.4, 0.5) is 0 Å². The van der Waals surface area contributed by atoms with E-state index in [0.29, 0.717) is 0 Å². The smallest absolute Gasteiger partial charge is 0.288 e. The number of Topliss-reactive ketones (excluding diaryl/α,β-unsaturated/α-hetero) is 1. The van der Waals surface area contributed by atoms with Crippen LogP contribution < -0.4 is 5.32 Å². The van der Waals surface area contributed by atoms with E-state index in [0.717, 1.165) is 5.56 Å². The maximum Gasteiger partial charge on any atom is 0.294 e. The van der Waals surface area contributed by atoms with Crippen molar-refractivity contribution in [1.82, 2.24) is 5.32 Å². The molecule has 0 spiro atoms. The topological polar surface area (TPSA) is 63.2 Å². The number of ketones is 1. The van der Waals surface area contributed by atoms with Gasteiger partial charge in [-0.1, -0.05) is 36.9 Å². The van der Waals surface area contributed by atoms with Crippen molar-refractivity contribution in [3.63, 3.8) is 0 Å². The summed E-state index contributed by atoms with van der Waals surface area (Å²) in [6.45, 7) is 4.84. The molecule has 0 unspecified atom stereocenters. The Labute approximate surface area is 99.3 Å². The van der Waals surface area contributed by atoms with E-state index in [1.54, 1.807) is 24.3 Å². The average Bonchev–Trinajstić information content (AvgIpc) is 2.29. The molecule has 4 nitrogen and oxygen atoms in total. The summed E-state index contributed by atoms with van der Waals surface area (Å²) < 4.78 is 0. The minimum absolute atomic E-state index is 0.0177.